The van der Waals surface area contributed by atoms with E-state index in [0.717, 1.165) is 11.1 Å². The number of aliphatic hydroxyl groups excluding tert-OH is 1. The summed E-state index contributed by atoms with van der Waals surface area (Å²) in [6, 6.07) is 13.0. The molecule has 19 heavy (non-hydrogen) atoms. The van der Waals surface area contributed by atoms with Gasteiger partial charge in [0.05, 0.1) is 12.7 Å². The molecule has 3 nitrogen and oxygen atoms in total. The maximum Gasteiger partial charge on any atom is 0.128 e. The van der Waals surface area contributed by atoms with Gasteiger partial charge in [-0.15, -0.1) is 0 Å². The van der Waals surface area contributed by atoms with Crippen LogP contribution in [0.1, 0.15) is 28.7 Å². The van der Waals surface area contributed by atoms with Crippen LogP contribution in [-0.2, 0) is 0 Å². The van der Waals surface area contributed by atoms with E-state index in [-0.39, 0.29) is 11.7 Å². The smallest absolute Gasteiger partial charge is 0.128 e. The largest absolute Gasteiger partial charge is 0.508 e. The van der Waals surface area contributed by atoms with E-state index >= 15 is 0 Å². The minimum absolute atomic E-state index is 0.0716. The van der Waals surface area contributed by atoms with E-state index in [2.05, 4.69) is 0 Å². The summed E-state index contributed by atoms with van der Waals surface area (Å²) in [6.07, 6.45) is -0.605. The molecule has 0 fully saturated rings. The lowest BCUT2D eigenvalue weighted by molar-refractivity contribution is 0.0887. The molecular formula is C16H16O3. The van der Waals surface area contributed by atoms with E-state index in [1.165, 1.54) is 5.56 Å². The summed E-state index contributed by atoms with van der Waals surface area (Å²) < 4.78 is 5.65. The molecule has 3 rings (SSSR count). The molecule has 2 aromatic rings. The van der Waals surface area contributed by atoms with Gasteiger partial charge in [-0.25, -0.2) is 0 Å². The Morgan fingerprint density at radius 2 is 1.84 bits per heavy atom. The van der Waals surface area contributed by atoms with Gasteiger partial charge in [0, 0.05) is 17.5 Å². The van der Waals surface area contributed by atoms with Crippen molar-refractivity contribution in [3.8, 4) is 11.5 Å². The van der Waals surface area contributed by atoms with Gasteiger partial charge in [0.25, 0.3) is 0 Å². The Morgan fingerprint density at radius 3 is 2.58 bits per heavy atom. The summed E-state index contributed by atoms with van der Waals surface area (Å²) in [5, 5.41) is 19.9. The predicted molar refractivity (Wildman–Crippen MR) is 72.5 cm³/mol. The lowest BCUT2D eigenvalue weighted by Crippen LogP contribution is -2.24. The number of rotatable bonds is 1. The molecule has 1 aliphatic rings. The van der Waals surface area contributed by atoms with E-state index in [1.807, 2.05) is 31.2 Å². The second-order valence-electron chi connectivity index (χ2n) is 5.00. The fourth-order valence-corrected chi connectivity index (χ4v) is 2.47. The number of aryl methyl sites for hydroxylation is 1. The quantitative estimate of drug-likeness (QED) is 0.824. The minimum atomic E-state index is -0.605. The Bertz CT molecular complexity index is 589. The molecule has 1 heterocycles. The van der Waals surface area contributed by atoms with Crippen molar-refractivity contribution >= 4 is 0 Å². The van der Waals surface area contributed by atoms with Crippen molar-refractivity contribution in [2.45, 2.75) is 18.9 Å². The number of aromatic hydroxyl groups is 1. The highest BCUT2D eigenvalue weighted by molar-refractivity contribution is 5.44. The van der Waals surface area contributed by atoms with Crippen LogP contribution < -0.4 is 4.74 Å². The molecule has 0 radical (unpaired) electrons. The number of fused-ring (bicyclic) bond motifs is 1. The average Bonchev–Trinajstić information content (AvgIpc) is 2.40. The number of hydrogen-bond donors (Lipinski definition) is 2. The molecule has 0 saturated heterocycles. The second-order valence-corrected chi connectivity index (χ2v) is 5.00. The average molecular weight is 256 g/mol. The highest BCUT2D eigenvalue weighted by atomic mass is 16.5. The van der Waals surface area contributed by atoms with E-state index < -0.39 is 6.10 Å². The summed E-state index contributed by atoms with van der Waals surface area (Å²) in [4.78, 5) is 0. The lowest BCUT2D eigenvalue weighted by atomic mass is 9.87. The zero-order chi connectivity index (χ0) is 13.4. The summed E-state index contributed by atoms with van der Waals surface area (Å²) in [5.41, 5.74) is 2.99. The third-order valence-corrected chi connectivity index (χ3v) is 3.62. The first-order valence-electron chi connectivity index (χ1n) is 6.35. The van der Waals surface area contributed by atoms with Gasteiger partial charge in [0.15, 0.2) is 0 Å². The molecule has 0 spiro atoms. The zero-order valence-electron chi connectivity index (χ0n) is 10.7. The Morgan fingerprint density at radius 1 is 1.11 bits per heavy atom. The summed E-state index contributed by atoms with van der Waals surface area (Å²) in [6.45, 7) is 2.45. The summed E-state index contributed by atoms with van der Waals surface area (Å²) in [7, 11) is 0. The molecule has 2 N–H and O–H groups in total. The molecular weight excluding hydrogens is 240 g/mol. The Kier molecular flexibility index (Phi) is 2.91. The van der Waals surface area contributed by atoms with Crippen LogP contribution in [0, 0.1) is 6.92 Å². The van der Waals surface area contributed by atoms with Crippen molar-refractivity contribution < 1.29 is 14.9 Å². The van der Waals surface area contributed by atoms with Gasteiger partial charge in [0.2, 0.25) is 0 Å². The van der Waals surface area contributed by atoms with E-state index in [4.69, 9.17) is 4.74 Å². The number of aliphatic hydroxyl groups is 1. The highest BCUT2D eigenvalue weighted by Gasteiger charge is 2.30. The molecule has 0 amide bonds. The standard InChI is InChI=1S/C16H16O3/c1-10-2-4-11(5-3-10)14-9-19-15-8-12(17)6-7-13(15)16(14)18/h2-8,14,16-18H,9H2,1H3/t14-,16+/m0/s1. The fourth-order valence-electron chi connectivity index (χ4n) is 2.47. The molecule has 0 aromatic heterocycles. The third kappa shape index (κ3) is 2.17. The lowest BCUT2D eigenvalue weighted by Gasteiger charge is -2.30. The summed E-state index contributed by atoms with van der Waals surface area (Å²) in [5.74, 6) is 0.647. The first-order chi connectivity index (χ1) is 9.15. The Labute approximate surface area is 112 Å². The predicted octanol–water partition coefficient (Wildman–Crippen LogP) is 2.91. The van der Waals surface area contributed by atoms with Gasteiger partial charge in [-0.1, -0.05) is 29.8 Å². The molecule has 0 saturated carbocycles. The number of phenols is 1. The number of benzene rings is 2. The maximum atomic E-state index is 10.5. The Hall–Kier alpha value is -2.00. The van der Waals surface area contributed by atoms with E-state index in [0.29, 0.717) is 12.4 Å². The highest BCUT2D eigenvalue weighted by Crippen LogP contribution is 2.41. The van der Waals surface area contributed by atoms with Crippen LogP contribution in [0.2, 0.25) is 0 Å². The molecule has 1 aliphatic heterocycles. The van der Waals surface area contributed by atoms with E-state index in [9.17, 15) is 10.2 Å². The number of hydrogen-bond acceptors (Lipinski definition) is 3. The molecule has 0 unspecified atom stereocenters. The third-order valence-electron chi connectivity index (χ3n) is 3.62. The van der Waals surface area contributed by atoms with Gasteiger partial charge in [-0.2, -0.15) is 0 Å². The number of phenolic OH excluding ortho intramolecular Hbond substituents is 1. The van der Waals surface area contributed by atoms with Crippen LogP contribution in [0.5, 0.6) is 11.5 Å². The van der Waals surface area contributed by atoms with Crippen LogP contribution in [-0.4, -0.2) is 16.8 Å². The first-order valence-corrected chi connectivity index (χ1v) is 6.35. The molecule has 2 aromatic carbocycles. The van der Waals surface area contributed by atoms with Gasteiger partial charge in [0.1, 0.15) is 11.5 Å². The van der Waals surface area contributed by atoms with Crippen LogP contribution in [0.3, 0.4) is 0 Å². The van der Waals surface area contributed by atoms with Crippen molar-refractivity contribution in [1.29, 1.82) is 0 Å². The van der Waals surface area contributed by atoms with Crippen LogP contribution in [0.4, 0.5) is 0 Å². The van der Waals surface area contributed by atoms with Crippen molar-refractivity contribution in [2.24, 2.45) is 0 Å². The van der Waals surface area contributed by atoms with Crippen molar-refractivity contribution in [3.63, 3.8) is 0 Å². The van der Waals surface area contributed by atoms with Gasteiger partial charge in [-0.05, 0) is 24.6 Å². The molecule has 98 valence electrons. The first kappa shape index (κ1) is 12.1. The second kappa shape index (κ2) is 4.59. The van der Waals surface area contributed by atoms with Crippen molar-refractivity contribution in [1.82, 2.24) is 0 Å². The van der Waals surface area contributed by atoms with Gasteiger partial charge < -0.3 is 14.9 Å². The monoisotopic (exact) mass is 256 g/mol. The molecule has 0 aliphatic carbocycles. The van der Waals surface area contributed by atoms with Gasteiger partial charge in [-0.3, -0.25) is 0 Å². The van der Waals surface area contributed by atoms with Crippen LogP contribution >= 0.6 is 0 Å². The summed E-state index contributed by atoms with van der Waals surface area (Å²) >= 11 is 0. The minimum Gasteiger partial charge on any atom is -0.508 e. The van der Waals surface area contributed by atoms with Crippen LogP contribution in [0.15, 0.2) is 42.5 Å². The topological polar surface area (TPSA) is 49.7 Å². The molecule has 0 bridgehead atoms. The number of ether oxygens (including phenoxy) is 1. The van der Waals surface area contributed by atoms with E-state index in [1.54, 1.807) is 18.2 Å². The normalized spacial score (nSPS) is 21.6. The van der Waals surface area contributed by atoms with Gasteiger partial charge >= 0.3 is 0 Å². The van der Waals surface area contributed by atoms with Crippen molar-refractivity contribution in [3.05, 3.63) is 59.2 Å². The molecule has 3 heteroatoms. The zero-order valence-corrected chi connectivity index (χ0v) is 10.7. The van der Waals surface area contributed by atoms with Crippen molar-refractivity contribution in [2.75, 3.05) is 6.61 Å². The van der Waals surface area contributed by atoms with Crippen LogP contribution in [0.25, 0.3) is 0 Å². The fraction of sp³-hybridized carbons (Fsp3) is 0.250. The maximum absolute atomic E-state index is 10.5. The Balaban J connectivity index is 1.95. The molecule has 2 atom stereocenters. The SMILES string of the molecule is Cc1ccc([C@@H]2COc3cc(O)ccc3[C@H]2O)cc1.